The highest BCUT2D eigenvalue weighted by atomic mass is 15.2. The maximum Gasteiger partial charge on any atom is 0.234 e. The minimum atomic E-state index is 0.631. The fraction of sp³-hybridized carbons (Fsp3) is 0. The van der Waals surface area contributed by atoms with Crippen molar-refractivity contribution in [2.75, 3.05) is 0 Å². The standard InChI is InChI=1S/2C31H19N5.C30H18N6/c1-2-9-20(10-3-1)35-26-15-7-5-13-23(26)28-29-24(18-33-19-34-29)27-22-12-4-6-14-25(22)36(30(27)31(28)35)21-11-8-16-32-17-21;1-2-8-20(9-3-1)35-26-13-7-5-11-23(26)28-29-24(18-33-19-34-29)27-22-10-4-6-12-25(22)36(30(27)31(28)35)21-14-16-32-17-15-21;1-2-9-19(10-3-1)35-23-13-6-5-12-21(23)26-27-22(17-31-18-34-27)25-20-11-4-7-14-24(20)36(28(25)29(26)35)30-32-15-8-16-33-30/h2*1-19H;1-18H. The van der Waals surface area contributed by atoms with Gasteiger partial charge in [0, 0.05) is 153 Å². The molecule has 0 atom stereocenters. The maximum absolute atomic E-state index is 4.86. The van der Waals surface area contributed by atoms with Crippen LogP contribution >= 0.6 is 0 Å². The molecule has 0 radical (unpaired) electrons. The molecule has 504 valence electrons. The Bertz CT molecular complexity index is 6540. The van der Waals surface area contributed by atoms with Crippen LogP contribution in [0, 0.1) is 0 Å². The van der Waals surface area contributed by atoms with Crippen molar-refractivity contribution in [2.24, 2.45) is 0 Å². The molecule has 0 fully saturated rings. The summed E-state index contributed by atoms with van der Waals surface area (Å²) in [5.74, 6) is 0.631. The molecular weight excluding hydrogens is 1330 g/mol. The van der Waals surface area contributed by atoms with E-state index in [1.54, 1.807) is 31.4 Å². The molecule has 0 unspecified atom stereocenters. The molecule has 0 saturated heterocycles. The van der Waals surface area contributed by atoms with Gasteiger partial charge in [-0.05, 0) is 103 Å². The third kappa shape index (κ3) is 8.85. The first-order valence-corrected chi connectivity index (χ1v) is 35.7. The first-order valence-electron chi connectivity index (χ1n) is 35.7. The van der Waals surface area contributed by atoms with Gasteiger partial charge < -0.3 is 22.8 Å². The van der Waals surface area contributed by atoms with Crippen LogP contribution in [0.4, 0.5) is 0 Å². The molecule has 0 bridgehead atoms. The van der Waals surface area contributed by atoms with Crippen molar-refractivity contribution >= 4 is 164 Å². The lowest BCUT2D eigenvalue weighted by Crippen LogP contribution is -2.02. The molecule has 0 saturated carbocycles. The third-order valence-electron chi connectivity index (χ3n) is 21.2. The molecule has 108 heavy (non-hydrogen) atoms. The molecule has 0 spiro atoms. The molecule has 24 rings (SSSR count). The van der Waals surface area contributed by atoms with Crippen LogP contribution in [0.15, 0.2) is 342 Å². The van der Waals surface area contributed by atoms with Gasteiger partial charge in [0.1, 0.15) is 19.0 Å². The van der Waals surface area contributed by atoms with Gasteiger partial charge >= 0.3 is 0 Å². The summed E-state index contributed by atoms with van der Waals surface area (Å²) < 4.78 is 14.0. The summed E-state index contributed by atoms with van der Waals surface area (Å²) in [6.07, 6.45) is 21.8. The number of fused-ring (bicyclic) bond motifs is 30. The van der Waals surface area contributed by atoms with Crippen molar-refractivity contribution in [3.05, 3.63) is 342 Å². The first-order chi connectivity index (χ1) is 53.7. The smallest absolute Gasteiger partial charge is 0.234 e. The molecule has 12 aromatic carbocycles. The number of pyridine rings is 2. The van der Waals surface area contributed by atoms with E-state index in [-0.39, 0.29) is 0 Å². The summed E-state index contributed by atoms with van der Waals surface area (Å²) in [5.41, 5.74) is 21.7. The summed E-state index contributed by atoms with van der Waals surface area (Å²) in [6.45, 7) is 0. The summed E-state index contributed by atoms with van der Waals surface area (Å²) in [7, 11) is 0. The minimum Gasteiger partial charge on any atom is -0.307 e. The Morgan fingerprint density at radius 1 is 0.176 bits per heavy atom. The van der Waals surface area contributed by atoms with Crippen molar-refractivity contribution in [3.63, 3.8) is 0 Å². The van der Waals surface area contributed by atoms with Crippen LogP contribution in [0.1, 0.15) is 0 Å². The van der Waals surface area contributed by atoms with E-state index >= 15 is 0 Å². The summed E-state index contributed by atoms with van der Waals surface area (Å²) in [5, 5.41) is 16.8. The largest absolute Gasteiger partial charge is 0.307 e. The lowest BCUT2D eigenvalue weighted by molar-refractivity contribution is 0.988. The van der Waals surface area contributed by atoms with Gasteiger partial charge in [-0.15, -0.1) is 0 Å². The van der Waals surface area contributed by atoms with Crippen LogP contribution < -0.4 is 0 Å². The van der Waals surface area contributed by atoms with Crippen molar-refractivity contribution in [2.45, 2.75) is 0 Å². The van der Waals surface area contributed by atoms with E-state index < -0.39 is 0 Å². The first kappa shape index (κ1) is 60.4. The van der Waals surface area contributed by atoms with Gasteiger partial charge in [0.25, 0.3) is 0 Å². The van der Waals surface area contributed by atoms with Crippen LogP contribution in [0.25, 0.3) is 198 Å². The van der Waals surface area contributed by atoms with Gasteiger partial charge in [-0.1, -0.05) is 164 Å². The SMILES string of the molecule is c1ccc(-n2c3ccccc3c3c4ncncc4c4c5ccccc5n(-c5cccnc5)c4c32)cc1.c1ccc(-n2c3ccccc3c3c4ncncc4c4c5ccccc5n(-c5ccncc5)c4c32)cc1.c1ccc(-n2c3ccccc3c3c4ncncc4c4c5ccccc5n(-c5ncccn5)c4c32)cc1. The predicted octanol–water partition coefficient (Wildman–Crippen LogP) is 21.1. The summed E-state index contributed by atoms with van der Waals surface area (Å²) >= 11 is 0. The fourth-order valence-corrected chi connectivity index (χ4v) is 17.1. The van der Waals surface area contributed by atoms with Crippen LogP contribution in [0.3, 0.4) is 0 Å². The molecular formula is C92H56N16. The van der Waals surface area contributed by atoms with Gasteiger partial charge in [0.15, 0.2) is 0 Å². The van der Waals surface area contributed by atoms with E-state index in [0.29, 0.717) is 5.95 Å². The molecule has 12 aromatic heterocycles. The molecule has 0 amide bonds. The number of hydrogen-bond donors (Lipinski definition) is 0. The average molecular weight is 1390 g/mol. The van der Waals surface area contributed by atoms with E-state index in [1.807, 2.05) is 61.6 Å². The highest BCUT2D eigenvalue weighted by Crippen LogP contribution is 2.50. The van der Waals surface area contributed by atoms with Crippen molar-refractivity contribution in [3.8, 4) is 34.4 Å². The van der Waals surface area contributed by atoms with Crippen LogP contribution in [0.5, 0.6) is 0 Å². The Morgan fingerprint density at radius 3 is 0.815 bits per heavy atom. The number of benzene rings is 12. The Balaban J connectivity index is 0.000000100. The molecule has 24 aromatic rings. The Kier molecular flexibility index (Phi) is 13.6. The van der Waals surface area contributed by atoms with E-state index in [0.717, 1.165) is 170 Å². The molecule has 0 N–H and O–H groups in total. The zero-order valence-electron chi connectivity index (χ0n) is 57.5. The van der Waals surface area contributed by atoms with Gasteiger partial charge in [-0.25, -0.2) is 39.9 Å². The summed E-state index contributed by atoms with van der Waals surface area (Å²) in [6, 6.07) is 93.0. The molecule has 0 aliphatic heterocycles. The predicted molar refractivity (Wildman–Crippen MR) is 436 cm³/mol. The second-order valence-electron chi connectivity index (χ2n) is 26.8. The average Bonchev–Trinajstić information content (AvgIpc) is 1.54. The number of rotatable bonds is 6. The zero-order chi connectivity index (χ0) is 70.9. The van der Waals surface area contributed by atoms with Gasteiger partial charge in [0.2, 0.25) is 5.95 Å². The van der Waals surface area contributed by atoms with Gasteiger partial charge in [-0.3, -0.25) is 14.5 Å². The molecule has 12 heterocycles. The van der Waals surface area contributed by atoms with E-state index in [1.165, 1.54) is 21.5 Å². The van der Waals surface area contributed by atoms with Gasteiger partial charge in [-0.2, -0.15) is 0 Å². The number of hydrogen-bond acceptors (Lipinski definition) is 10. The fourth-order valence-electron chi connectivity index (χ4n) is 17.1. The number of nitrogens with zero attached hydrogens (tertiary/aromatic N) is 16. The molecule has 0 aliphatic rings. The normalized spacial score (nSPS) is 11.9. The lowest BCUT2D eigenvalue weighted by Gasteiger charge is -2.13. The summed E-state index contributed by atoms with van der Waals surface area (Å²) in [4.78, 5) is 46.0. The molecule has 0 aliphatic carbocycles. The van der Waals surface area contributed by atoms with E-state index in [4.69, 9.17) is 15.0 Å². The monoisotopic (exact) mass is 1380 g/mol. The Morgan fingerprint density at radius 2 is 0.463 bits per heavy atom. The zero-order valence-corrected chi connectivity index (χ0v) is 57.5. The van der Waals surface area contributed by atoms with Gasteiger partial charge in [0.05, 0.1) is 94.6 Å². The quantitative estimate of drug-likeness (QED) is 0.157. The molecule has 16 nitrogen and oxygen atoms in total. The second kappa shape index (κ2) is 24.2. The number of aromatic nitrogens is 16. The van der Waals surface area contributed by atoms with Crippen molar-refractivity contribution in [1.82, 2.24) is 77.2 Å². The topological polar surface area (TPSA) is 158 Å². The highest BCUT2D eigenvalue weighted by Gasteiger charge is 2.30. The maximum atomic E-state index is 4.86. The number of para-hydroxylation sites is 9. The second-order valence-corrected chi connectivity index (χ2v) is 26.8. The van der Waals surface area contributed by atoms with E-state index in [9.17, 15) is 0 Å². The third-order valence-corrected chi connectivity index (χ3v) is 21.2. The van der Waals surface area contributed by atoms with E-state index in [2.05, 4.69) is 311 Å². The van der Waals surface area contributed by atoms with Crippen LogP contribution in [-0.2, 0) is 0 Å². The Labute approximate surface area is 613 Å². The van der Waals surface area contributed by atoms with Crippen LogP contribution in [0.2, 0.25) is 0 Å². The minimum absolute atomic E-state index is 0.631. The lowest BCUT2D eigenvalue weighted by atomic mass is 10.0. The van der Waals surface area contributed by atoms with Crippen molar-refractivity contribution in [1.29, 1.82) is 0 Å². The van der Waals surface area contributed by atoms with Crippen molar-refractivity contribution < 1.29 is 0 Å². The Hall–Kier alpha value is -15.2. The molecule has 16 heteroatoms. The highest BCUT2D eigenvalue weighted by molar-refractivity contribution is 6.38. The van der Waals surface area contributed by atoms with Crippen LogP contribution in [-0.4, -0.2) is 77.2 Å².